The first kappa shape index (κ1) is 16.1. The summed E-state index contributed by atoms with van der Waals surface area (Å²) in [5, 5.41) is 0. The zero-order chi connectivity index (χ0) is 12.1. The van der Waals surface area contributed by atoms with Gasteiger partial charge < -0.3 is 9.05 Å². The fraction of sp³-hybridized carbons (Fsp3) is 1.00. The summed E-state index contributed by atoms with van der Waals surface area (Å²) in [6.45, 7) is 5.43. The van der Waals surface area contributed by atoms with Gasteiger partial charge in [0.15, 0.2) is 0 Å². The van der Waals surface area contributed by atoms with Crippen LogP contribution < -0.4 is 0 Å². The fourth-order valence-corrected chi connectivity index (χ4v) is 2.08. The van der Waals surface area contributed by atoms with E-state index in [9.17, 15) is 4.57 Å². The molecule has 0 N–H and O–H groups in total. The van der Waals surface area contributed by atoms with E-state index in [-0.39, 0.29) is 0 Å². The van der Waals surface area contributed by atoms with E-state index in [0.717, 1.165) is 19.3 Å². The van der Waals surface area contributed by atoms with Crippen molar-refractivity contribution in [3.8, 4) is 0 Å². The number of hydrogen-bond donors (Lipinski definition) is 0. The Morgan fingerprint density at radius 3 is 1.88 bits per heavy atom. The summed E-state index contributed by atoms with van der Waals surface area (Å²) in [5.74, 6) is 0. The highest BCUT2D eigenvalue weighted by Crippen LogP contribution is 2.24. The fourth-order valence-electron chi connectivity index (χ4n) is 1.38. The van der Waals surface area contributed by atoms with Crippen molar-refractivity contribution in [1.82, 2.24) is 0 Å². The normalized spacial score (nSPS) is 12.9. The first-order valence-electron chi connectivity index (χ1n) is 6.60. The van der Waals surface area contributed by atoms with Crippen LogP contribution in [0.3, 0.4) is 0 Å². The monoisotopic (exact) mass is 250 g/mol. The molecule has 0 spiro atoms. The zero-order valence-corrected chi connectivity index (χ0v) is 11.8. The molecule has 4 heteroatoms. The molecule has 16 heavy (non-hydrogen) atoms. The molecule has 0 amide bonds. The Morgan fingerprint density at radius 1 is 0.750 bits per heavy atom. The molecule has 0 aromatic rings. The molecular weight excluding hydrogens is 223 g/mol. The quantitative estimate of drug-likeness (QED) is 0.376. The Labute approximate surface area is 101 Å². The first-order chi connectivity index (χ1) is 7.81. The van der Waals surface area contributed by atoms with Crippen molar-refractivity contribution >= 4 is 8.25 Å². The lowest BCUT2D eigenvalue weighted by Crippen LogP contribution is -1.91. The Hall–Kier alpha value is 0.150. The Balaban J connectivity index is 3.09. The SMILES string of the molecule is CCCCCCCCO[PH](=O)OCCCC. The minimum absolute atomic E-state index is 0.560. The van der Waals surface area contributed by atoms with E-state index in [0.29, 0.717) is 13.2 Å². The second kappa shape index (κ2) is 13.2. The molecule has 98 valence electrons. The Kier molecular flexibility index (Phi) is 13.3. The van der Waals surface area contributed by atoms with Crippen LogP contribution >= 0.6 is 8.25 Å². The predicted molar refractivity (Wildman–Crippen MR) is 69.2 cm³/mol. The molecule has 0 aliphatic heterocycles. The molecule has 1 unspecified atom stereocenters. The third-order valence-corrected chi connectivity index (χ3v) is 3.32. The Morgan fingerprint density at radius 2 is 1.25 bits per heavy atom. The van der Waals surface area contributed by atoms with Crippen LogP contribution in [0.1, 0.15) is 65.2 Å². The van der Waals surface area contributed by atoms with Gasteiger partial charge in [0.1, 0.15) is 0 Å². The standard InChI is InChI=1S/C12H27O3P/c1-3-5-7-8-9-10-12-15-16(13)14-11-6-4-2/h16H,3-12H2,1-2H3. The predicted octanol–water partition coefficient (Wildman–Crippen LogP) is 4.57. The summed E-state index contributed by atoms with van der Waals surface area (Å²) in [4.78, 5) is 0. The van der Waals surface area contributed by atoms with Crippen molar-refractivity contribution in [2.45, 2.75) is 65.2 Å². The van der Waals surface area contributed by atoms with Crippen molar-refractivity contribution < 1.29 is 13.6 Å². The molecule has 0 saturated carbocycles. The molecule has 0 fully saturated rings. The smallest absolute Gasteiger partial charge is 0.311 e. The lowest BCUT2D eigenvalue weighted by Gasteiger charge is -2.05. The van der Waals surface area contributed by atoms with Crippen LogP contribution in [0.15, 0.2) is 0 Å². The summed E-state index contributed by atoms with van der Waals surface area (Å²) >= 11 is 0. The second-order valence-electron chi connectivity index (χ2n) is 4.07. The highest BCUT2D eigenvalue weighted by Gasteiger charge is 1.98. The highest BCUT2D eigenvalue weighted by molar-refractivity contribution is 7.33. The molecule has 0 aromatic heterocycles. The van der Waals surface area contributed by atoms with E-state index < -0.39 is 8.25 Å². The molecule has 0 saturated heterocycles. The van der Waals surface area contributed by atoms with Gasteiger partial charge in [-0.2, -0.15) is 0 Å². The van der Waals surface area contributed by atoms with E-state index in [4.69, 9.17) is 9.05 Å². The Bertz CT molecular complexity index is 162. The van der Waals surface area contributed by atoms with Crippen LogP contribution in [-0.2, 0) is 13.6 Å². The van der Waals surface area contributed by atoms with Gasteiger partial charge >= 0.3 is 8.25 Å². The summed E-state index contributed by atoms with van der Waals surface area (Å²) in [6, 6.07) is 0. The summed E-state index contributed by atoms with van der Waals surface area (Å²) in [5.41, 5.74) is 0. The van der Waals surface area contributed by atoms with E-state index in [1.807, 2.05) is 0 Å². The lowest BCUT2D eigenvalue weighted by atomic mass is 10.1. The van der Waals surface area contributed by atoms with E-state index in [1.54, 1.807) is 0 Å². The molecule has 0 aliphatic rings. The van der Waals surface area contributed by atoms with Crippen LogP contribution in [0.2, 0.25) is 0 Å². The van der Waals surface area contributed by atoms with Gasteiger partial charge in [-0.3, -0.25) is 4.57 Å². The molecule has 0 rings (SSSR count). The molecule has 0 heterocycles. The molecular formula is C12H27O3P. The van der Waals surface area contributed by atoms with Gasteiger partial charge in [0.25, 0.3) is 0 Å². The molecule has 1 atom stereocenters. The van der Waals surface area contributed by atoms with Crippen molar-refractivity contribution in [2.75, 3.05) is 13.2 Å². The largest absolute Gasteiger partial charge is 0.319 e. The van der Waals surface area contributed by atoms with Gasteiger partial charge in [0.05, 0.1) is 13.2 Å². The van der Waals surface area contributed by atoms with Gasteiger partial charge in [-0.15, -0.1) is 0 Å². The van der Waals surface area contributed by atoms with Crippen molar-refractivity contribution in [3.63, 3.8) is 0 Å². The summed E-state index contributed by atoms with van der Waals surface area (Å²) < 4.78 is 21.4. The van der Waals surface area contributed by atoms with Crippen molar-refractivity contribution in [2.24, 2.45) is 0 Å². The third-order valence-electron chi connectivity index (χ3n) is 2.44. The average Bonchev–Trinajstić information content (AvgIpc) is 2.28. The molecule has 0 radical (unpaired) electrons. The maximum atomic E-state index is 11.2. The van der Waals surface area contributed by atoms with E-state index in [2.05, 4.69) is 13.8 Å². The third kappa shape index (κ3) is 12.2. The van der Waals surface area contributed by atoms with Crippen LogP contribution in [0.25, 0.3) is 0 Å². The van der Waals surface area contributed by atoms with Crippen LogP contribution in [0.4, 0.5) is 0 Å². The van der Waals surface area contributed by atoms with Crippen LogP contribution in [-0.4, -0.2) is 13.2 Å². The minimum atomic E-state index is -2.21. The second-order valence-corrected chi connectivity index (χ2v) is 5.15. The average molecular weight is 250 g/mol. The molecule has 0 aromatic carbocycles. The molecule has 3 nitrogen and oxygen atoms in total. The van der Waals surface area contributed by atoms with E-state index in [1.165, 1.54) is 32.1 Å². The van der Waals surface area contributed by atoms with Crippen LogP contribution in [0.5, 0.6) is 0 Å². The van der Waals surface area contributed by atoms with Gasteiger partial charge in [-0.05, 0) is 12.8 Å². The van der Waals surface area contributed by atoms with Crippen molar-refractivity contribution in [1.29, 1.82) is 0 Å². The topological polar surface area (TPSA) is 35.5 Å². The van der Waals surface area contributed by atoms with Gasteiger partial charge in [0, 0.05) is 0 Å². The zero-order valence-electron chi connectivity index (χ0n) is 10.8. The maximum absolute atomic E-state index is 11.2. The van der Waals surface area contributed by atoms with E-state index >= 15 is 0 Å². The van der Waals surface area contributed by atoms with Gasteiger partial charge in [0.2, 0.25) is 0 Å². The maximum Gasteiger partial charge on any atom is 0.319 e. The minimum Gasteiger partial charge on any atom is -0.311 e. The van der Waals surface area contributed by atoms with Crippen LogP contribution in [0, 0.1) is 0 Å². The van der Waals surface area contributed by atoms with Gasteiger partial charge in [-0.1, -0.05) is 52.4 Å². The summed E-state index contributed by atoms with van der Waals surface area (Å²) in [7, 11) is -2.21. The molecule has 0 aliphatic carbocycles. The number of hydrogen-bond acceptors (Lipinski definition) is 3. The summed E-state index contributed by atoms with van der Waals surface area (Å²) in [6.07, 6.45) is 9.34. The lowest BCUT2D eigenvalue weighted by molar-refractivity contribution is 0.219. The molecule has 0 bridgehead atoms. The van der Waals surface area contributed by atoms with Gasteiger partial charge in [-0.25, -0.2) is 0 Å². The number of rotatable bonds is 12. The first-order valence-corrected chi connectivity index (χ1v) is 7.83. The number of unbranched alkanes of at least 4 members (excludes halogenated alkanes) is 6. The van der Waals surface area contributed by atoms with Crippen molar-refractivity contribution in [3.05, 3.63) is 0 Å². The highest BCUT2D eigenvalue weighted by atomic mass is 31.1.